The minimum absolute atomic E-state index is 0.537. The van der Waals surface area contributed by atoms with Gasteiger partial charge in [-0.1, -0.05) is 17.7 Å². The van der Waals surface area contributed by atoms with Gasteiger partial charge in [-0.15, -0.1) is 0 Å². The third-order valence-electron chi connectivity index (χ3n) is 3.82. The first kappa shape index (κ1) is 13.7. The summed E-state index contributed by atoms with van der Waals surface area (Å²) in [7, 11) is 4.31. The molecule has 1 heterocycles. The number of likely N-dealkylation sites (tertiary alicyclic amines) is 1. The van der Waals surface area contributed by atoms with E-state index in [0.717, 1.165) is 22.8 Å². The summed E-state index contributed by atoms with van der Waals surface area (Å²) in [6.07, 6.45) is 2.58. The van der Waals surface area contributed by atoms with Gasteiger partial charge < -0.3 is 15.5 Å². The lowest BCUT2D eigenvalue weighted by Gasteiger charge is -2.28. The van der Waals surface area contributed by atoms with E-state index in [1.54, 1.807) is 0 Å². The number of rotatable bonds is 4. The monoisotopic (exact) mass is 267 g/mol. The van der Waals surface area contributed by atoms with E-state index in [-0.39, 0.29) is 0 Å². The molecule has 2 N–H and O–H groups in total. The van der Waals surface area contributed by atoms with Crippen molar-refractivity contribution in [3.8, 4) is 0 Å². The molecule has 1 unspecified atom stereocenters. The Morgan fingerprint density at radius 1 is 1.50 bits per heavy atom. The maximum atomic E-state index is 6.31. The molecular weight excluding hydrogens is 246 g/mol. The molecule has 2 rings (SSSR count). The van der Waals surface area contributed by atoms with Crippen molar-refractivity contribution in [2.24, 2.45) is 5.73 Å². The topological polar surface area (TPSA) is 32.5 Å². The molecule has 0 saturated carbocycles. The fraction of sp³-hybridized carbons (Fsp3) is 0.571. The highest BCUT2D eigenvalue weighted by atomic mass is 35.5. The highest BCUT2D eigenvalue weighted by Gasteiger charge is 2.22. The minimum atomic E-state index is 0.537. The lowest BCUT2D eigenvalue weighted by molar-refractivity contribution is 0.314. The predicted molar refractivity (Wildman–Crippen MR) is 78.3 cm³/mol. The maximum absolute atomic E-state index is 6.31. The molecule has 100 valence electrons. The number of hydrogen-bond donors (Lipinski definition) is 1. The first-order valence-corrected chi connectivity index (χ1v) is 6.89. The van der Waals surface area contributed by atoms with Crippen LogP contribution in [0.25, 0.3) is 0 Å². The van der Waals surface area contributed by atoms with E-state index in [9.17, 15) is 0 Å². The van der Waals surface area contributed by atoms with Gasteiger partial charge in [-0.05, 0) is 44.1 Å². The van der Waals surface area contributed by atoms with Gasteiger partial charge in [0.15, 0.2) is 0 Å². The zero-order valence-electron chi connectivity index (χ0n) is 11.2. The fourth-order valence-corrected chi connectivity index (χ4v) is 2.96. The lowest BCUT2D eigenvalue weighted by Crippen LogP contribution is -2.36. The summed E-state index contributed by atoms with van der Waals surface area (Å²) in [6, 6.07) is 6.72. The first-order chi connectivity index (χ1) is 8.61. The van der Waals surface area contributed by atoms with E-state index in [4.69, 9.17) is 17.3 Å². The second kappa shape index (κ2) is 5.91. The van der Waals surface area contributed by atoms with Gasteiger partial charge in [-0.3, -0.25) is 0 Å². The molecule has 0 bridgehead atoms. The van der Waals surface area contributed by atoms with Crippen molar-refractivity contribution in [1.29, 1.82) is 0 Å². The second-order valence-corrected chi connectivity index (χ2v) is 5.55. The molecule has 0 spiro atoms. The Balaban J connectivity index is 2.06. The number of anilines is 1. The summed E-state index contributed by atoms with van der Waals surface area (Å²) >= 11 is 6.31. The smallest absolute Gasteiger partial charge is 0.0642 e. The quantitative estimate of drug-likeness (QED) is 0.909. The highest BCUT2D eigenvalue weighted by Crippen LogP contribution is 2.27. The van der Waals surface area contributed by atoms with E-state index < -0.39 is 0 Å². The SMILES string of the molecule is CN(CC1CCCN1C)c1ccc(CN)cc1Cl. The van der Waals surface area contributed by atoms with Crippen LogP contribution in [-0.2, 0) is 6.54 Å². The molecule has 1 aromatic carbocycles. The number of halogens is 1. The van der Waals surface area contributed by atoms with Crippen LogP contribution in [0.1, 0.15) is 18.4 Å². The van der Waals surface area contributed by atoms with Gasteiger partial charge in [0.1, 0.15) is 0 Å². The second-order valence-electron chi connectivity index (χ2n) is 5.15. The maximum Gasteiger partial charge on any atom is 0.0642 e. The molecule has 1 saturated heterocycles. The average Bonchev–Trinajstić information content (AvgIpc) is 2.74. The fourth-order valence-electron chi connectivity index (χ4n) is 2.61. The standard InChI is InChI=1S/C14H22ClN3/c1-17-7-3-4-12(17)10-18(2)14-6-5-11(9-16)8-13(14)15/h5-6,8,12H,3-4,7,9-10,16H2,1-2H3. The van der Waals surface area contributed by atoms with Crippen LogP contribution in [0.2, 0.25) is 5.02 Å². The third-order valence-corrected chi connectivity index (χ3v) is 4.12. The summed E-state index contributed by atoms with van der Waals surface area (Å²) in [6.45, 7) is 2.77. The van der Waals surface area contributed by atoms with E-state index in [1.807, 2.05) is 6.07 Å². The molecule has 0 aliphatic carbocycles. The van der Waals surface area contributed by atoms with Crippen molar-refractivity contribution < 1.29 is 0 Å². The Kier molecular flexibility index (Phi) is 4.49. The normalized spacial score (nSPS) is 20.3. The highest BCUT2D eigenvalue weighted by molar-refractivity contribution is 6.33. The van der Waals surface area contributed by atoms with Crippen LogP contribution in [-0.4, -0.2) is 38.1 Å². The van der Waals surface area contributed by atoms with Gasteiger partial charge in [-0.25, -0.2) is 0 Å². The van der Waals surface area contributed by atoms with Crippen molar-refractivity contribution in [1.82, 2.24) is 4.90 Å². The van der Waals surface area contributed by atoms with Crippen LogP contribution in [0.15, 0.2) is 18.2 Å². The zero-order valence-corrected chi connectivity index (χ0v) is 12.0. The average molecular weight is 268 g/mol. The molecule has 1 atom stereocenters. The van der Waals surface area contributed by atoms with Crippen LogP contribution in [0.4, 0.5) is 5.69 Å². The van der Waals surface area contributed by atoms with Crippen molar-refractivity contribution in [2.75, 3.05) is 32.1 Å². The zero-order chi connectivity index (χ0) is 13.1. The molecule has 1 aliphatic heterocycles. The van der Waals surface area contributed by atoms with Gasteiger partial charge in [-0.2, -0.15) is 0 Å². The Hall–Kier alpha value is -0.770. The molecule has 18 heavy (non-hydrogen) atoms. The number of benzene rings is 1. The van der Waals surface area contributed by atoms with Gasteiger partial charge in [0.25, 0.3) is 0 Å². The van der Waals surface area contributed by atoms with Gasteiger partial charge in [0, 0.05) is 26.2 Å². The van der Waals surface area contributed by atoms with Gasteiger partial charge in [0.2, 0.25) is 0 Å². The van der Waals surface area contributed by atoms with E-state index >= 15 is 0 Å². The summed E-state index contributed by atoms with van der Waals surface area (Å²) in [5, 5.41) is 0.793. The predicted octanol–water partition coefficient (Wildman–Crippen LogP) is 2.33. The number of nitrogens with two attached hydrogens (primary N) is 1. The molecule has 0 radical (unpaired) electrons. The summed E-state index contributed by atoms with van der Waals surface area (Å²) < 4.78 is 0. The number of hydrogen-bond acceptors (Lipinski definition) is 3. The van der Waals surface area contributed by atoms with Crippen molar-refractivity contribution in [3.05, 3.63) is 28.8 Å². The third kappa shape index (κ3) is 2.97. The summed E-state index contributed by atoms with van der Waals surface area (Å²) in [5.41, 5.74) is 7.79. The Morgan fingerprint density at radius 2 is 2.28 bits per heavy atom. The molecule has 0 aromatic heterocycles. The summed E-state index contributed by atoms with van der Waals surface area (Å²) in [5.74, 6) is 0. The molecule has 1 aromatic rings. The van der Waals surface area contributed by atoms with E-state index in [2.05, 4.69) is 36.0 Å². The minimum Gasteiger partial charge on any atom is -0.372 e. The number of likely N-dealkylation sites (N-methyl/N-ethyl adjacent to an activating group) is 2. The van der Waals surface area contributed by atoms with Crippen LogP contribution < -0.4 is 10.6 Å². The molecule has 0 amide bonds. The van der Waals surface area contributed by atoms with E-state index in [1.165, 1.54) is 19.4 Å². The van der Waals surface area contributed by atoms with Crippen molar-refractivity contribution >= 4 is 17.3 Å². The first-order valence-electron chi connectivity index (χ1n) is 6.51. The Labute approximate surface area is 115 Å². The van der Waals surface area contributed by atoms with Crippen LogP contribution in [0, 0.1) is 0 Å². The Morgan fingerprint density at radius 3 is 2.83 bits per heavy atom. The molecule has 3 nitrogen and oxygen atoms in total. The molecule has 4 heteroatoms. The number of nitrogens with zero attached hydrogens (tertiary/aromatic N) is 2. The van der Waals surface area contributed by atoms with Crippen molar-refractivity contribution in [3.63, 3.8) is 0 Å². The Bertz CT molecular complexity index is 408. The summed E-state index contributed by atoms with van der Waals surface area (Å²) in [4.78, 5) is 4.67. The lowest BCUT2D eigenvalue weighted by atomic mass is 10.1. The largest absolute Gasteiger partial charge is 0.372 e. The molecule has 1 fully saturated rings. The van der Waals surface area contributed by atoms with E-state index in [0.29, 0.717) is 12.6 Å². The van der Waals surface area contributed by atoms with Crippen LogP contribution >= 0.6 is 11.6 Å². The van der Waals surface area contributed by atoms with Crippen LogP contribution in [0.5, 0.6) is 0 Å². The van der Waals surface area contributed by atoms with Gasteiger partial charge in [0.05, 0.1) is 10.7 Å². The van der Waals surface area contributed by atoms with Crippen LogP contribution in [0.3, 0.4) is 0 Å². The van der Waals surface area contributed by atoms with Crippen molar-refractivity contribution in [2.45, 2.75) is 25.4 Å². The molecular formula is C14H22ClN3. The molecule has 1 aliphatic rings. The van der Waals surface area contributed by atoms with Gasteiger partial charge >= 0.3 is 0 Å².